The van der Waals surface area contributed by atoms with Crippen LogP contribution in [0.3, 0.4) is 0 Å². The van der Waals surface area contributed by atoms with E-state index in [2.05, 4.69) is 17.2 Å². The number of rotatable bonds is 5. The quantitative estimate of drug-likeness (QED) is 0.516. The number of amides is 1. The van der Waals surface area contributed by atoms with E-state index < -0.39 is 0 Å². The van der Waals surface area contributed by atoms with Gasteiger partial charge in [0, 0.05) is 30.3 Å². The van der Waals surface area contributed by atoms with E-state index in [9.17, 15) is 14.4 Å². The summed E-state index contributed by atoms with van der Waals surface area (Å²) in [5, 5.41) is 2.74. The van der Waals surface area contributed by atoms with Gasteiger partial charge in [-0.3, -0.25) is 14.4 Å². The average Bonchev–Trinajstić information content (AvgIpc) is 2.39. The average molecular weight is 303 g/mol. The van der Waals surface area contributed by atoms with Crippen molar-refractivity contribution in [2.75, 3.05) is 11.1 Å². The Kier molecular flexibility index (Phi) is 7.27. The Morgan fingerprint density at radius 2 is 1.81 bits per heavy atom. The standard InChI is InChI=1S/C16H17NO3S/c1-12(18)11-16(20)17-15-8-6-14(7-9-15)5-3-4-10-21-13(2)19/h6-9H,4,10-11H2,1-2H3,(H,17,20). The molecule has 0 bridgehead atoms. The number of nitrogens with one attached hydrogen (secondary N) is 1. The van der Waals surface area contributed by atoms with Crippen LogP contribution < -0.4 is 5.32 Å². The van der Waals surface area contributed by atoms with Crippen LogP contribution in [0.2, 0.25) is 0 Å². The van der Waals surface area contributed by atoms with E-state index in [4.69, 9.17) is 0 Å². The molecule has 21 heavy (non-hydrogen) atoms. The number of carbonyl (C=O) groups excluding carboxylic acids is 3. The Hall–Kier alpha value is -2.06. The minimum absolute atomic E-state index is 0.0995. The largest absolute Gasteiger partial charge is 0.326 e. The Morgan fingerprint density at radius 1 is 1.14 bits per heavy atom. The van der Waals surface area contributed by atoms with Gasteiger partial charge >= 0.3 is 0 Å². The van der Waals surface area contributed by atoms with Gasteiger partial charge in [-0.15, -0.1) is 0 Å². The molecule has 1 amide bonds. The first-order valence-corrected chi connectivity index (χ1v) is 7.47. The summed E-state index contributed by atoms with van der Waals surface area (Å²) in [5.74, 6) is 6.19. The zero-order valence-electron chi connectivity index (χ0n) is 12.1. The third-order valence-electron chi connectivity index (χ3n) is 2.34. The molecule has 1 aromatic rings. The number of Topliss-reactive ketones (excluding diaryl/α,β-unsaturated/α-hetero) is 1. The minimum Gasteiger partial charge on any atom is -0.326 e. The highest BCUT2D eigenvalue weighted by molar-refractivity contribution is 8.13. The van der Waals surface area contributed by atoms with Crippen molar-refractivity contribution in [2.45, 2.75) is 26.7 Å². The summed E-state index contributed by atoms with van der Waals surface area (Å²) in [6.45, 7) is 2.92. The van der Waals surface area contributed by atoms with E-state index in [1.165, 1.54) is 25.6 Å². The molecule has 0 saturated heterocycles. The molecule has 0 aromatic heterocycles. The van der Waals surface area contributed by atoms with Gasteiger partial charge in [0.15, 0.2) is 5.12 Å². The van der Waals surface area contributed by atoms with Crippen LogP contribution in [0.1, 0.15) is 32.3 Å². The second-order valence-electron chi connectivity index (χ2n) is 4.40. The third kappa shape index (κ3) is 7.95. The van der Waals surface area contributed by atoms with Crippen molar-refractivity contribution in [2.24, 2.45) is 0 Å². The number of carbonyl (C=O) groups is 3. The molecule has 0 radical (unpaired) electrons. The van der Waals surface area contributed by atoms with E-state index in [1.807, 2.05) is 0 Å². The summed E-state index contributed by atoms with van der Waals surface area (Å²) in [7, 11) is 0. The topological polar surface area (TPSA) is 63.2 Å². The summed E-state index contributed by atoms with van der Waals surface area (Å²) in [6.07, 6.45) is 0.538. The zero-order chi connectivity index (χ0) is 15.7. The van der Waals surface area contributed by atoms with Gasteiger partial charge in [-0.25, -0.2) is 0 Å². The van der Waals surface area contributed by atoms with Crippen molar-refractivity contribution in [3.8, 4) is 11.8 Å². The van der Waals surface area contributed by atoms with Crippen molar-refractivity contribution >= 4 is 34.3 Å². The van der Waals surface area contributed by atoms with Gasteiger partial charge in [0.1, 0.15) is 5.78 Å². The van der Waals surface area contributed by atoms with Crippen LogP contribution in [-0.4, -0.2) is 22.6 Å². The van der Waals surface area contributed by atoms with Gasteiger partial charge in [-0.2, -0.15) is 0 Å². The SMILES string of the molecule is CC(=O)CC(=O)Nc1ccc(C#CCCSC(C)=O)cc1. The fourth-order valence-corrected chi connectivity index (χ4v) is 1.97. The highest BCUT2D eigenvalue weighted by atomic mass is 32.2. The van der Waals surface area contributed by atoms with E-state index in [1.54, 1.807) is 24.3 Å². The second kappa shape index (κ2) is 8.98. The van der Waals surface area contributed by atoms with Crippen molar-refractivity contribution in [3.63, 3.8) is 0 Å². The Morgan fingerprint density at radius 3 is 2.38 bits per heavy atom. The third-order valence-corrected chi connectivity index (χ3v) is 3.16. The molecule has 0 aliphatic carbocycles. The predicted molar refractivity (Wildman–Crippen MR) is 85.0 cm³/mol. The van der Waals surface area contributed by atoms with Gasteiger partial charge in [0.25, 0.3) is 0 Å². The van der Waals surface area contributed by atoms with Crippen molar-refractivity contribution in [3.05, 3.63) is 29.8 Å². The molecule has 1 aromatic carbocycles. The number of hydrogen-bond acceptors (Lipinski definition) is 4. The molecule has 0 saturated carbocycles. The molecule has 0 aliphatic heterocycles. The first kappa shape index (κ1) is 17.0. The maximum Gasteiger partial charge on any atom is 0.231 e. The molecule has 110 valence electrons. The molecule has 0 atom stereocenters. The maximum absolute atomic E-state index is 11.4. The highest BCUT2D eigenvalue weighted by Gasteiger charge is 2.04. The number of benzene rings is 1. The Balaban J connectivity index is 2.47. The number of thioether (sulfide) groups is 1. The molecule has 0 unspecified atom stereocenters. The molecule has 5 heteroatoms. The maximum atomic E-state index is 11.4. The molecular formula is C16H17NO3S. The van der Waals surface area contributed by atoms with Gasteiger partial charge < -0.3 is 5.32 Å². The normalized spacial score (nSPS) is 9.43. The number of ketones is 1. The van der Waals surface area contributed by atoms with Crippen LogP contribution in [-0.2, 0) is 14.4 Å². The van der Waals surface area contributed by atoms with Crippen LogP contribution >= 0.6 is 11.8 Å². The molecular weight excluding hydrogens is 286 g/mol. The highest BCUT2D eigenvalue weighted by Crippen LogP contribution is 2.09. The van der Waals surface area contributed by atoms with Crippen LogP contribution in [0.5, 0.6) is 0 Å². The van der Waals surface area contributed by atoms with Gasteiger partial charge in [0.05, 0.1) is 6.42 Å². The molecule has 1 N–H and O–H groups in total. The first-order chi connectivity index (χ1) is 9.97. The lowest BCUT2D eigenvalue weighted by atomic mass is 10.2. The molecule has 0 heterocycles. The first-order valence-electron chi connectivity index (χ1n) is 6.49. The zero-order valence-corrected chi connectivity index (χ0v) is 12.9. The lowest BCUT2D eigenvalue weighted by Crippen LogP contribution is -2.14. The van der Waals surface area contributed by atoms with Gasteiger partial charge in [0.2, 0.25) is 5.91 Å². The number of hydrogen-bond donors (Lipinski definition) is 1. The Labute approximate surface area is 128 Å². The van der Waals surface area contributed by atoms with Crippen LogP contribution in [0.15, 0.2) is 24.3 Å². The predicted octanol–water partition coefficient (Wildman–Crippen LogP) is 2.63. The van der Waals surface area contributed by atoms with Crippen molar-refractivity contribution < 1.29 is 14.4 Å². The molecule has 1 rings (SSSR count). The lowest BCUT2D eigenvalue weighted by molar-refractivity contribution is -0.124. The van der Waals surface area contributed by atoms with E-state index >= 15 is 0 Å². The summed E-state index contributed by atoms with van der Waals surface area (Å²) >= 11 is 1.26. The van der Waals surface area contributed by atoms with Crippen LogP contribution in [0, 0.1) is 11.8 Å². The van der Waals surface area contributed by atoms with Crippen LogP contribution in [0.25, 0.3) is 0 Å². The molecule has 0 fully saturated rings. The second-order valence-corrected chi connectivity index (χ2v) is 5.67. The number of anilines is 1. The summed E-state index contributed by atoms with van der Waals surface area (Å²) in [6, 6.07) is 7.09. The smallest absolute Gasteiger partial charge is 0.231 e. The minimum atomic E-state index is -0.317. The fourth-order valence-electron chi connectivity index (χ4n) is 1.48. The van der Waals surface area contributed by atoms with E-state index in [0.717, 1.165) is 5.56 Å². The summed E-state index contributed by atoms with van der Waals surface area (Å²) in [4.78, 5) is 33.0. The molecule has 4 nitrogen and oxygen atoms in total. The molecule has 0 spiro atoms. The van der Waals surface area contributed by atoms with Crippen LogP contribution in [0.4, 0.5) is 5.69 Å². The van der Waals surface area contributed by atoms with Crippen molar-refractivity contribution in [1.29, 1.82) is 0 Å². The van der Waals surface area contributed by atoms with E-state index in [-0.39, 0.29) is 23.2 Å². The van der Waals surface area contributed by atoms with Gasteiger partial charge in [-0.05, 0) is 31.2 Å². The van der Waals surface area contributed by atoms with Crippen molar-refractivity contribution in [1.82, 2.24) is 0 Å². The summed E-state index contributed by atoms with van der Waals surface area (Å²) in [5.41, 5.74) is 1.48. The Bertz CT molecular complexity index is 582. The van der Waals surface area contributed by atoms with E-state index in [0.29, 0.717) is 17.9 Å². The summed E-state index contributed by atoms with van der Waals surface area (Å²) < 4.78 is 0. The fraction of sp³-hybridized carbons (Fsp3) is 0.312. The molecule has 0 aliphatic rings. The monoisotopic (exact) mass is 303 g/mol. The lowest BCUT2D eigenvalue weighted by Gasteiger charge is -2.03. The van der Waals surface area contributed by atoms with Gasteiger partial charge in [-0.1, -0.05) is 23.6 Å².